The molecule has 2 aromatic rings. The van der Waals surface area contributed by atoms with Gasteiger partial charge in [0.05, 0.1) is 6.61 Å². The summed E-state index contributed by atoms with van der Waals surface area (Å²) in [5.41, 5.74) is 3.66. The second-order valence-electron chi connectivity index (χ2n) is 3.80. The quantitative estimate of drug-likeness (QED) is 0.833. The van der Waals surface area contributed by atoms with E-state index in [1.54, 1.807) is 0 Å². The molecule has 0 spiro atoms. The van der Waals surface area contributed by atoms with Crippen LogP contribution in [0, 0.1) is 0 Å². The van der Waals surface area contributed by atoms with Crippen molar-refractivity contribution in [2.45, 2.75) is 19.9 Å². The van der Waals surface area contributed by atoms with E-state index in [0.29, 0.717) is 6.54 Å². The van der Waals surface area contributed by atoms with Gasteiger partial charge in [-0.15, -0.1) is 0 Å². The Balaban J connectivity index is 2.44. The standard InChI is InChI=1S/C14H17NO/c1-2-13-8-9-14(15(13)10-11-16)12-6-4-3-5-7-12/h3-9,16H,2,10-11H2,1H3. The fourth-order valence-electron chi connectivity index (χ4n) is 2.04. The van der Waals surface area contributed by atoms with Crippen LogP contribution in [0.15, 0.2) is 42.5 Å². The van der Waals surface area contributed by atoms with Crippen molar-refractivity contribution in [3.05, 3.63) is 48.2 Å². The molecule has 1 aromatic carbocycles. The minimum atomic E-state index is 0.182. The van der Waals surface area contributed by atoms with E-state index in [2.05, 4.69) is 35.8 Å². The average Bonchev–Trinajstić information content (AvgIpc) is 2.74. The number of aryl methyl sites for hydroxylation is 1. The number of benzene rings is 1. The number of aromatic nitrogens is 1. The maximum absolute atomic E-state index is 9.11. The molecule has 0 unspecified atom stereocenters. The predicted octanol–water partition coefficient (Wildman–Crippen LogP) is 2.71. The smallest absolute Gasteiger partial charge is 0.0610 e. The van der Waals surface area contributed by atoms with Gasteiger partial charge in [0.1, 0.15) is 0 Å². The lowest BCUT2D eigenvalue weighted by Crippen LogP contribution is -2.07. The Morgan fingerprint density at radius 1 is 1.06 bits per heavy atom. The Morgan fingerprint density at radius 3 is 2.44 bits per heavy atom. The van der Waals surface area contributed by atoms with Crippen LogP contribution in [0.4, 0.5) is 0 Å². The second-order valence-corrected chi connectivity index (χ2v) is 3.80. The fourth-order valence-corrected chi connectivity index (χ4v) is 2.04. The number of rotatable bonds is 4. The third kappa shape index (κ3) is 2.02. The molecular formula is C14H17NO. The highest BCUT2D eigenvalue weighted by Gasteiger charge is 2.07. The number of aliphatic hydroxyl groups is 1. The summed E-state index contributed by atoms with van der Waals surface area (Å²) in [7, 11) is 0. The molecule has 0 aliphatic heterocycles. The molecule has 0 saturated heterocycles. The lowest BCUT2D eigenvalue weighted by molar-refractivity contribution is 0.275. The van der Waals surface area contributed by atoms with E-state index in [0.717, 1.165) is 6.42 Å². The second kappa shape index (κ2) is 4.99. The highest BCUT2D eigenvalue weighted by Crippen LogP contribution is 2.22. The van der Waals surface area contributed by atoms with Gasteiger partial charge in [-0.2, -0.15) is 0 Å². The average molecular weight is 215 g/mol. The first kappa shape index (κ1) is 11.0. The van der Waals surface area contributed by atoms with E-state index in [1.807, 2.05) is 18.2 Å². The van der Waals surface area contributed by atoms with E-state index in [-0.39, 0.29) is 6.61 Å². The first-order chi connectivity index (χ1) is 7.86. The van der Waals surface area contributed by atoms with Crippen LogP contribution < -0.4 is 0 Å². The first-order valence-electron chi connectivity index (χ1n) is 5.71. The van der Waals surface area contributed by atoms with Crippen molar-refractivity contribution in [2.24, 2.45) is 0 Å². The summed E-state index contributed by atoms with van der Waals surface area (Å²) in [6, 6.07) is 14.6. The molecule has 0 radical (unpaired) electrons. The fraction of sp³-hybridized carbons (Fsp3) is 0.286. The molecule has 0 aliphatic rings. The largest absolute Gasteiger partial charge is 0.395 e. The first-order valence-corrected chi connectivity index (χ1v) is 5.71. The normalized spacial score (nSPS) is 10.6. The van der Waals surface area contributed by atoms with Gasteiger partial charge >= 0.3 is 0 Å². The van der Waals surface area contributed by atoms with Crippen molar-refractivity contribution in [3.63, 3.8) is 0 Å². The van der Waals surface area contributed by atoms with Crippen molar-refractivity contribution in [2.75, 3.05) is 6.61 Å². The summed E-state index contributed by atoms with van der Waals surface area (Å²) < 4.78 is 2.19. The minimum absolute atomic E-state index is 0.182. The van der Waals surface area contributed by atoms with Gasteiger partial charge in [0.15, 0.2) is 0 Å². The predicted molar refractivity (Wildman–Crippen MR) is 66.3 cm³/mol. The molecular weight excluding hydrogens is 198 g/mol. The van der Waals surface area contributed by atoms with E-state index in [9.17, 15) is 0 Å². The monoisotopic (exact) mass is 215 g/mol. The Morgan fingerprint density at radius 2 is 1.81 bits per heavy atom. The van der Waals surface area contributed by atoms with Crippen molar-refractivity contribution in [1.82, 2.24) is 4.57 Å². The minimum Gasteiger partial charge on any atom is -0.395 e. The van der Waals surface area contributed by atoms with Crippen LogP contribution in [0.1, 0.15) is 12.6 Å². The number of hydrogen-bond donors (Lipinski definition) is 1. The van der Waals surface area contributed by atoms with E-state index in [1.165, 1.54) is 17.0 Å². The van der Waals surface area contributed by atoms with E-state index < -0.39 is 0 Å². The highest BCUT2D eigenvalue weighted by molar-refractivity contribution is 5.60. The molecule has 2 heteroatoms. The van der Waals surface area contributed by atoms with Crippen LogP contribution in [-0.4, -0.2) is 16.3 Å². The Hall–Kier alpha value is -1.54. The van der Waals surface area contributed by atoms with E-state index in [4.69, 9.17) is 5.11 Å². The molecule has 0 fully saturated rings. The molecule has 1 aromatic heterocycles. The summed E-state index contributed by atoms with van der Waals surface area (Å²) >= 11 is 0. The lowest BCUT2D eigenvalue weighted by atomic mass is 10.1. The van der Waals surface area contributed by atoms with Gasteiger partial charge in [0.25, 0.3) is 0 Å². The van der Waals surface area contributed by atoms with Crippen molar-refractivity contribution in [1.29, 1.82) is 0 Å². The van der Waals surface area contributed by atoms with Gasteiger partial charge in [-0.1, -0.05) is 37.3 Å². The molecule has 1 N–H and O–H groups in total. The maximum Gasteiger partial charge on any atom is 0.0610 e. The van der Waals surface area contributed by atoms with Crippen LogP contribution in [0.2, 0.25) is 0 Å². The van der Waals surface area contributed by atoms with Gasteiger partial charge in [0.2, 0.25) is 0 Å². The van der Waals surface area contributed by atoms with Gasteiger partial charge in [0, 0.05) is 17.9 Å². The zero-order valence-electron chi connectivity index (χ0n) is 9.56. The molecule has 0 aliphatic carbocycles. The van der Waals surface area contributed by atoms with E-state index >= 15 is 0 Å². The zero-order chi connectivity index (χ0) is 11.4. The van der Waals surface area contributed by atoms with Gasteiger partial charge in [-0.05, 0) is 24.1 Å². The SMILES string of the molecule is CCc1ccc(-c2ccccc2)n1CCO. The third-order valence-corrected chi connectivity index (χ3v) is 2.83. The van der Waals surface area contributed by atoms with Crippen LogP contribution >= 0.6 is 0 Å². The Bertz CT molecular complexity index is 445. The number of aliphatic hydroxyl groups excluding tert-OH is 1. The highest BCUT2D eigenvalue weighted by atomic mass is 16.3. The summed E-state index contributed by atoms with van der Waals surface area (Å²) in [5.74, 6) is 0. The van der Waals surface area contributed by atoms with Crippen LogP contribution in [0.5, 0.6) is 0 Å². The molecule has 84 valence electrons. The van der Waals surface area contributed by atoms with Crippen molar-refractivity contribution in [3.8, 4) is 11.3 Å². The van der Waals surface area contributed by atoms with Crippen molar-refractivity contribution >= 4 is 0 Å². The number of hydrogen-bond acceptors (Lipinski definition) is 1. The van der Waals surface area contributed by atoms with Gasteiger partial charge in [-0.25, -0.2) is 0 Å². The topological polar surface area (TPSA) is 25.2 Å². The zero-order valence-corrected chi connectivity index (χ0v) is 9.56. The van der Waals surface area contributed by atoms with Crippen LogP contribution in [0.25, 0.3) is 11.3 Å². The molecule has 0 bridgehead atoms. The lowest BCUT2D eigenvalue weighted by Gasteiger charge is -2.11. The molecule has 2 nitrogen and oxygen atoms in total. The molecule has 0 saturated carbocycles. The summed E-state index contributed by atoms with van der Waals surface area (Å²) in [4.78, 5) is 0. The molecule has 2 rings (SSSR count). The van der Waals surface area contributed by atoms with Gasteiger partial charge in [-0.3, -0.25) is 0 Å². The molecule has 0 amide bonds. The Kier molecular flexibility index (Phi) is 3.42. The molecule has 0 atom stereocenters. The van der Waals surface area contributed by atoms with Gasteiger partial charge < -0.3 is 9.67 Å². The van der Waals surface area contributed by atoms with Crippen molar-refractivity contribution < 1.29 is 5.11 Å². The third-order valence-electron chi connectivity index (χ3n) is 2.83. The van der Waals surface area contributed by atoms with Crippen LogP contribution in [-0.2, 0) is 13.0 Å². The molecule has 1 heterocycles. The van der Waals surface area contributed by atoms with Crippen LogP contribution in [0.3, 0.4) is 0 Å². The Labute approximate surface area is 96.2 Å². The summed E-state index contributed by atoms with van der Waals surface area (Å²) in [6.45, 7) is 2.99. The number of nitrogens with zero attached hydrogens (tertiary/aromatic N) is 1. The summed E-state index contributed by atoms with van der Waals surface area (Å²) in [5, 5.41) is 9.11. The summed E-state index contributed by atoms with van der Waals surface area (Å²) in [6.07, 6.45) is 0.993. The molecule has 16 heavy (non-hydrogen) atoms. The maximum atomic E-state index is 9.11.